The number of aromatic nitrogens is 2. The van der Waals surface area contributed by atoms with Crippen LogP contribution in [0.3, 0.4) is 0 Å². The monoisotopic (exact) mass is 430 g/mol. The summed E-state index contributed by atoms with van der Waals surface area (Å²) in [5.41, 5.74) is 3.64. The Bertz CT molecular complexity index is 1220. The number of para-hydroxylation sites is 2. The molecule has 0 spiro atoms. The molecule has 1 atom stereocenters. The molecule has 164 valence electrons. The molecule has 0 bridgehead atoms. The van der Waals surface area contributed by atoms with Gasteiger partial charge in [0.2, 0.25) is 5.91 Å². The fourth-order valence-electron chi connectivity index (χ4n) is 4.09. The summed E-state index contributed by atoms with van der Waals surface area (Å²) < 4.78 is 1.19. The first-order chi connectivity index (χ1) is 15.5. The third kappa shape index (κ3) is 4.32. The molecule has 4 rings (SSSR count). The van der Waals surface area contributed by atoms with E-state index in [1.807, 2.05) is 62.4 Å². The Labute approximate surface area is 186 Å². The van der Waals surface area contributed by atoms with E-state index in [0.717, 1.165) is 35.3 Å². The maximum Gasteiger partial charge on any atom is 0.278 e. The minimum absolute atomic E-state index is 0.00601. The number of fused-ring (bicyclic) bond motifs is 1. The minimum atomic E-state index is -0.349. The molecule has 0 saturated heterocycles. The van der Waals surface area contributed by atoms with E-state index in [9.17, 15) is 14.4 Å². The largest absolute Gasteiger partial charge is 0.326 e. The van der Waals surface area contributed by atoms with Crippen LogP contribution in [-0.4, -0.2) is 27.6 Å². The predicted molar refractivity (Wildman–Crippen MR) is 124 cm³/mol. The summed E-state index contributed by atoms with van der Waals surface area (Å²) in [6.45, 7) is 4.11. The Kier molecular flexibility index (Phi) is 6.16. The summed E-state index contributed by atoms with van der Waals surface area (Å²) in [4.78, 5) is 39.7. The maximum atomic E-state index is 13.2. The van der Waals surface area contributed by atoms with Crippen LogP contribution in [0.1, 0.15) is 41.9 Å². The average molecular weight is 431 g/mol. The van der Waals surface area contributed by atoms with Gasteiger partial charge in [-0.1, -0.05) is 43.3 Å². The van der Waals surface area contributed by atoms with Crippen molar-refractivity contribution in [1.82, 2.24) is 9.78 Å². The summed E-state index contributed by atoms with van der Waals surface area (Å²) >= 11 is 0. The molecule has 1 aromatic heterocycles. The molecule has 2 heterocycles. The molecule has 0 radical (unpaired) electrons. The summed E-state index contributed by atoms with van der Waals surface area (Å²) in [6, 6.07) is 18.2. The smallest absolute Gasteiger partial charge is 0.278 e. The van der Waals surface area contributed by atoms with Crippen LogP contribution in [0.4, 0.5) is 11.4 Å². The molecule has 0 aliphatic carbocycles. The van der Waals surface area contributed by atoms with Crippen LogP contribution in [0.15, 0.2) is 65.5 Å². The van der Waals surface area contributed by atoms with Gasteiger partial charge in [-0.05, 0) is 49.1 Å². The molecule has 0 unspecified atom stereocenters. The first-order valence-electron chi connectivity index (χ1n) is 10.8. The Morgan fingerprint density at radius 1 is 1.06 bits per heavy atom. The van der Waals surface area contributed by atoms with E-state index >= 15 is 0 Å². The van der Waals surface area contributed by atoms with Gasteiger partial charge in [-0.25, -0.2) is 4.68 Å². The lowest BCUT2D eigenvalue weighted by Crippen LogP contribution is -2.37. The van der Waals surface area contributed by atoms with Crippen LogP contribution in [0, 0.1) is 0 Å². The average Bonchev–Trinajstić information content (AvgIpc) is 3.14. The molecule has 32 heavy (non-hydrogen) atoms. The van der Waals surface area contributed by atoms with Crippen molar-refractivity contribution in [3.8, 4) is 0 Å². The number of nitrogens with one attached hydrogen (secondary N) is 1. The van der Waals surface area contributed by atoms with Crippen molar-refractivity contribution in [1.29, 1.82) is 0 Å². The van der Waals surface area contributed by atoms with E-state index in [1.54, 1.807) is 4.90 Å². The normalized spacial score (nSPS) is 14.8. The molecule has 1 aliphatic heterocycles. The molecule has 3 aromatic rings. The first-order valence-corrected chi connectivity index (χ1v) is 10.8. The highest BCUT2D eigenvalue weighted by atomic mass is 16.2. The van der Waals surface area contributed by atoms with Crippen molar-refractivity contribution >= 4 is 23.2 Å². The number of aryl methyl sites for hydroxylation is 2. The topological polar surface area (TPSA) is 84.3 Å². The molecule has 2 aromatic carbocycles. The van der Waals surface area contributed by atoms with Gasteiger partial charge >= 0.3 is 0 Å². The molecule has 2 amide bonds. The van der Waals surface area contributed by atoms with Crippen LogP contribution in [0.25, 0.3) is 0 Å². The van der Waals surface area contributed by atoms with E-state index in [-0.39, 0.29) is 42.1 Å². The minimum Gasteiger partial charge on any atom is -0.326 e. The number of rotatable bonds is 6. The Morgan fingerprint density at radius 3 is 2.62 bits per heavy atom. The van der Waals surface area contributed by atoms with E-state index in [1.165, 1.54) is 16.8 Å². The fraction of sp³-hybridized carbons (Fsp3) is 0.280. The number of anilines is 2. The molecular formula is C25H26N4O3. The van der Waals surface area contributed by atoms with Gasteiger partial charge in [-0.2, -0.15) is 5.10 Å². The third-order valence-electron chi connectivity index (χ3n) is 5.73. The third-order valence-corrected chi connectivity index (χ3v) is 5.73. The van der Waals surface area contributed by atoms with Crippen LogP contribution >= 0.6 is 0 Å². The molecule has 7 nitrogen and oxygen atoms in total. The van der Waals surface area contributed by atoms with Gasteiger partial charge in [-0.3, -0.25) is 14.4 Å². The van der Waals surface area contributed by atoms with Gasteiger partial charge in [0.05, 0.1) is 6.54 Å². The van der Waals surface area contributed by atoms with Crippen molar-refractivity contribution < 1.29 is 9.59 Å². The van der Waals surface area contributed by atoms with Gasteiger partial charge < -0.3 is 10.2 Å². The number of amides is 2. The molecule has 7 heteroatoms. The second-order valence-corrected chi connectivity index (χ2v) is 7.95. The lowest BCUT2D eigenvalue weighted by Gasteiger charge is -2.22. The number of carbonyl (C=O) groups is 2. The van der Waals surface area contributed by atoms with Gasteiger partial charge in [-0.15, -0.1) is 0 Å². The summed E-state index contributed by atoms with van der Waals surface area (Å²) in [5.74, 6) is -0.462. The van der Waals surface area contributed by atoms with Crippen LogP contribution in [0.2, 0.25) is 0 Å². The number of carbonyl (C=O) groups excluding carboxylic acids is 2. The van der Waals surface area contributed by atoms with Crippen LogP contribution in [-0.2, 0) is 24.2 Å². The lowest BCUT2D eigenvalue weighted by molar-refractivity contribution is -0.116. The Balaban J connectivity index is 1.48. The first kappa shape index (κ1) is 21.5. The Morgan fingerprint density at radius 2 is 1.81 bits per heavy atom. The second kappa shape index (κ2) is 9.18. The van der Waals surface area contributed by atoms with E-state index in [2.05, 4.69) is 10.4 Å². The van der Waals surface area contributed by atoms with Gasteiger partial charge in [0.15, 0.2) is 0 Å². The number of hydrogen-bond donors (Lipinski definition) is 1. The highest BCUT2D eigenvalue weighted by Gasteiger charge is 2.32. The zero-order chi connectivity index (χ0) is 22.7. The van der Waals surface area contributed by atoms with E-state index < -0.39 is 0 Å². The summed E-state index contributed by atoms with van der Waals surface area (Å²) in [6.07, 6.45) is 1.66. The second-order valence-electron chi connectivity index (χ2n) is 7.95. The molecule has 1 N–H and O–H groups in total. The maximum absolute atomic E-state index is 13.2. The molecule has 0 saturated carbocycles. The highest BCUT2D eigenvalue weighted by Crippen LogP contribution is 2.32. The SMILES string of the molecule is CCc1ccccc1NC(=O)CCn1nc(C(=O)N2c3ccccc3C[C@H]2C)ccc1=O. The predicted octanol–water partition coefficient (Wildman–Crippen LogP) is 3.43. The quantitative estimate of drug-likeness (QED) is 0.649. The van der Waals surface area contributed by atoms with Crippen molar-refractivity contribution in [3.63, 3.8) is 0 Å². The molecule has 0 fully saturated rings. The van der Waals surface area contributed by atoms with Crippen molar-refractivity contribution in [2.24, 2.45) is 0 Å². The number of benzene rings is 2. The lowest BCUT2D eigenvalue weighted by atomic mass is 10.1. The van der Waals surface area contributed by atoms with Gasteiger partial charge in [0, 0.05) is 29.9 Å². The molecule has 1 aliphatic rings. The van der Waals surface area contributed by atoms with Crippen molar-refractivity contribution in [2.75, 3.05) is 10.2 Å². The zero-order valence-corrected chi connectivity index (χ0v) is 18.2. The van der Waals surface area contributed by atoms with E-state index in [4.69, 9.17) is 0 Å². The zero-order valence-electron chi connectivity index (χ0n) is 18.2. The summed E-state index contributed by atoms with van der Waals surface area (Å²) in [7, 11) is 0. The highest BCUT2D eigenvalue weighted by molar-refractivity contribution is 6.06. The van der Waals surface area contributed by atoms with Crippen molar-refractivity contribution in [3.05, 3.63) is 87.8 Å². The fourth-order valence-corrected chi connectivity index (χ4v) is 4.09. The number of nitrogens with zero attached hydrogens (tertiary/aromatic N) is 3. The van der Waals surface area contributed by atoms with E-state index in [0.29, 0.717) is 0 Å². The van der Waals surface area contributed by atoms with Gasteiger partial charge in [0.25, 0.3) is 11.5 Å². The Hall–Kier alpha value is -3.74. The summed E-state index contributed by atoms with van der Waals surface area (Å²) in [5, 5.41) is 7.16. The van der Waals surface area contributed by atoms with Gasteiger partial charge in [0.1, 0.15) is 5.69 Å². The van der Waals surface area contributed by atoms with Crippen LogP contribution < -0.4 is 15.8 Å². The number of hydrogen-bond acceptors (Lipinski definition) is 4. The molecular weight excluding hydrogens is 404 g/mol. The van der Waals surface area contributed by atoms with Crippen molar-refractivity contribution in [2.45, 2.75) is 45.7 Å². The van der Waals surface area contributed by atoms with Crippen LogP contribution in [0.5, 0.6) is 0 Å². The standard InChI is InChI=1S/C25H26N4O3/c1-3-18-8-4-6-10-20(18)26-23(30)14-15-28-24(31)13-12-21(27-28)25(32)29-17(2)16-19-9-5-7-11-22(19)29/h4-13,17H,3,14-16H2,1-2H3,(H,26,30)/t17-/m1/s1.